The lowest BCUT2D eigenvalue weighted by Crippen LogP contribution is -2.53. The van der Waals surface area contributed by atoms with Gasteiger partial charge in [0.2, 0.25) is 11.8 Å². The van der Waals surface area contributed by atoms with Crippen LogP contribution in [0.3, 0.4) is 0 Å². The van der Waals surface area contributed by atoms with Gasteiger partial charge in [0, 0.05) is 18.5 Å². The van der Waals surface area contributed by atoms with Gasteiger partial charge in [-0.2, -0.15) is 0 Å². The van der Waals surface area contributed by atoms with Gasteiger partial charge < -0.3 is 19.7 Å². The number of amides is 2. The smallest absolute Gasteiger partial charge is 0.243 e. The van der Waals surface area contributed by atoms with Gasteiger partial charge in [-0.15, -0.1) is 0 Å². The summed E-state index contributed by atoms with van der Waals surface area (Å²) in [4.78, 5) is 28.1. The number of benzene rings is 2. The standard InChI is InChI=1S/C26H36N2O4/c1-7-21(25(30)27-26(2,3)4)28(18-20-11-9-8-10-12-20)24(29)16-14-19-13-15-22(31-5)23(17-19)32-6/h8-13,15,17,21H,7,14,16,18H2,1-6H3,(H,27,30)/t21-/m1/s1. The van der Waals surface area contributed by atoms with Crippen molar-refractivity contribution in [3.8, 4) is 11.5 Å². The number of hydrogen-bond donors (Lipinski definition) is 1. The zero-order chi connectivity index (χ0) is 23.7. The second-order valence-electron chi connectivity index (χ2n) is 8.86. The van der Waals surface area contributed by atoms with Crippen LogP contribution in [0, 0.1) is 0 Å². The number of carbonyl (C=O) groups excluding carboxylic acids is 2. The summed E-state index contributed by atoms with van der Waals surface area (Å²) in [5, 5.41) is 3.03. The molecule has 2 amide bonds. The molecule has 1 atom stereocenters. The van der Waals surface area contributed by atoms with Crippen LogP contribution in [0.1, 0.15) is 51.7 Å². The van der Waals surface area contributed by atoms with Crippen LogP contribution in [-0.2, 0) is 22.6 Å². The molecule has 32 heavy (non-hydrogen) atoms. The average molecular weight is 441 g/mol. The maximum absolute atomic E-state index is 13.4. The molecule has 0 unspecified atom stereocenters. The molecule has 174 valence electrons. The summed E-state index contributed by atoms with van der Waals surface area (Å²) in [6.45, 7) is 8.16. The van der Waals surface area contributed by atoms with Crippen molar-refractivity contribution in [2.45, 2.75) is 65.1 Å². The Labute approximate surface area is 191 Å². The molecule has 0 saturated carbocycles. The quantitative estimate of drug-likeness (QED) is 0.596. The fourth-order valence-electron chi connectivity index (χ4n) is 3.58. The van der Waals surface area contributed by atoms with Crippen molar-refractivity contribution in [2.75, 3.05) is 14.2 Å². The highest BCUT2D eigenvalue weighted by molar-refractivity contribution is 5.88. The molecule has 6 nitrogen and oxygen atoms in total. The van der Waals surface area contributed by atoms with Crippen LogP contribution in [0.15, 0.2) is 48.5 Å². The van der Waals surface area contributed by atoms with Crippen LogP contribution in [0.25, 0.3) is 0 Å². The van der Waals surface area contributed by atoms with E-state index in [1.165, 1.54) is 0 Å². The van der Waals surface area contributed by atoms with Crippen LogP contribution >= 0.6 is 0 Å². The first-order chi connectivity index (χ1) is 15.2. The second-order valence-corrected chi connectivity index (χ2v) is 8.86. The van der Waals surface area contributed by atoms with Crippen molar-refractivity contribution in [1.29, 1.82) is 0 Å². The first kappa shape index (κ1) is 25.2. The maximum atomic E-state index is 13.4. The molecular weight excluding hydrogens is 404 g/mol. The Hall–Kier alpha value is -3.02. The van der Waals surface area contributed by atoms with E-state index in [2.05, 4.69) is 5.32 Å². The highest BCUT2D eigenvalue weighted by Crippen LogP contribution is 2.28. The van der Waals surface area contributed by atoms with Crippen LogP contribution in [0.2, 0.25) is 0 Å². The molecule has 0 aromatic heterocycles. The lowest BCUT2D eigenvalue weighted by Gasteiger charge is -2.33. The van der Waals surface area contributed by atoms with E-state index in [-0.39, 0.29) is 17.4 Å². The normalized spacial score (nSPS) is 12.1. The van der Waals surface area contributed by atoms with E-state index in [1.807, 2.05) is 76.2 Å². The van der Waals surface area contributed by atoms with Gasteiger partial charge in [0.25, 0.3) is 0 Å². The Bertz CT molecular complexity index is 890. The van der Waals surface area contributed by atoms with Gasteiger partial charge in [0.15, 0.2) is 11.5 Å². The summed E-state index contributed by atoms with van der Waals surface area (Å²) in [6, 6.07) is 14.9. The van der Waals surface area contributed by atoms with Crippen molar-refractivity contribution in [1.82, 2.24) is 10.2 Å². The van der Waals surface area contributed by atoms with Crippen LogP contribution in [-0.4, -0.2) is 42.5 Å². The first-order valence-electron chi connectivity index (χ1n) is 11.0. The SMILES string of the molecule is CC[C@H](C(=O)NC(C)(C)C)N(Cc1ccccc1)C(=O)CCc1ccc(OC)c(OC)c1. The molecule has 0 fully saturated rings. The Kier molecular flexibility index (Phi) is 9.12. The van der Waals surface area contributed by atoms with E-state index in [1.54, 1.807) is 19.1 Å². The Morgan fingerprint density at radius 2 is 1.62 bits per heavy atom. The van der Waals surface area contributed by atoms with Crippen molar-refractivity contribution < 1.29 is 19.1 Å². The van der Waals surface area contributed by atoms with Crippen LogP contribution < -0.4 is 14.8 Å². The largest absolute Gasteiger partial charge is 0.493 e. The molecule has 0 spiro atoms. The number of nitrogens with zero attached hydrogens (tertiary/aromatic N) is 1. The average Bonchev–Trinajstić information content (AvgIpc) is 2.76. The highest BCUT2D eigenvalue weighted by Gasteiger charge is 2.30. The molecule has 0 aliphatic rings. The van der Waals surface area contributed by atoms with Gasteiger partial charge >= 0.3 is 0 Å². The first-order valence-corrected chi connectivity index (χ1v) is 11.0. The van der Waals surface area contributed by atoms with E-state index < -0.39 is 6.04 Å². The van der Waals surface area contributed by atoms with Gasteiger partial charge in [-0.1, -0.05) is 43.3 Å². The number of nitrogens with one attached hydrogen (secondary N) is 1. The number of methoxy groups -OCH3 is 2. The fraction of sp³-hybridized carbons (Fsp3) is 0.462. The topological polar surface area (TPSA) is 67.9 Å². The van der Waals surface area contributed by atoms with Gasteiger partial charge in [-0.05, 0) is 56.9 Å². The van der Waals surface area contributed by atoms with E-state index >= 15 is 0 Å². The number of aryl methyl sites for hydroxylation is 1. The molecule has 1 N–H and O–H groups in total. The molecule has 0 radical (unpaired) electrons. The van der Waals surface area contributed by atoms with E-state index in [4.69, 9.17) is 9.47 Å². The van der Waals surface area contributed by atoms with Gasteiger partial charge in [0.1, 0.15) is 6.04 Å². The monoisotopic (exact) mass is 440 g/mol. The van der Waals surface area contributed by atoms with Crippen LogP contribution in [0.5, 0.6) is 11.5 Å². The number of carbonyl (C=O) groups is 2. The number of ether oxygens (including phenoxy) is 2. The van der Waals surface area contributed by atoms with Gasteiger partial charge in [0.05, 0.1) is 14.2 Å². The highest BCUT2D eigenvalue weighted by atomic mass is 16.5. The third-order valence-corrected chi connectivity index (χ3v) is 5.16. The minimum Gasteiger partial charge on any atom is -0.493 e. The number of rotatable bonds is 10. The van der Waals surface area contributed by atoms with E-state index in [0.29, 0.717) is 37.3 Å². The van der Waals surface area contributed by atoms with Crippen molar-refractivity contribution >= 4 is 11.8 Å². The molecule has 2 rings (SSSR count). The lowest BCUT2D eigenvalue weighted by atomic mass is 10.0. The Balaban J connectivity index is 2.22. The summed E-state index contributed by atoms with van der Waals surface area (Å²) < 4.78 is 10.7. The summed E-state index contributed by atoms with van der Waals surface area (Å²) in [7, 11) is 3.18. The summed E-state index contributed by atoms with van der Waals surface area (Å²) in [6.07, 6.45) is 1.38. The molecule has 2 aromatic rings. The summed E-state index contributed by atoms with van der Waals surface area (Å²) in [5.41, 5.74) is 1.60. The fourth-order valence-corrected chi connectivity index (χ4v) is 3.58. The molecule has 0 heterocycles. The Morgan fingerprint density at radius 1 is 0.969 bits per heavy atom. The molecule has 0 aliphatic heterocycles. The Morgan fingerprint density at radius 3 is 2.19 bits per heavy atom. The minimum absolute atomic E-state index is 0.0560. The predicted octanol–water partition coefficient (Wildman–Crippen LogP) is 4.36. The van der Waals surface area contributed by atoms with Crippen LogP contribution in [0.4, 0.5) is 0 Å². The van der Waals surface area contributed by atoms with Crippen molar-refractivity contribution in [3.05, 3.63) is 59.7 Å². The van der Waals surface area contributed by atoms with Crippen molar-refractivity contribution in [2.24, 2.45) is 0 Å². The van der Waals surface area contributed by atoms with Gasteiger partial charge in [-0.3, -0.25) is 9.59 Å². The minimum atomic E-state index is -0.535. The predicted molar refractivity (Wildman–Crippen MR) is 127 cm³/mol. The third-order valence-electron chi connectivity index (χ3n) is 5.16. The summed E-state index contributed by atoms with van der Waals surface area (Å²) in [5.74, 6) is 1.10. The maximum Gasteiger partial charge on any atom is 0.243 e. The zero-order valence-corrected chi connectivity index (χ0v) is 20.1. The molecule has 6 heteroatoms. The van der Waals surface area contributed by atoms with E-state index in [0.717, 1.165) is 11.1 Å². The molecule has 2 aromatic carbocycles. The lowest BCUT2D eigenvalue weighted by molar-refractivity contribution is -0.142. The molecular formula is C26H36N2O4. The number of hydrogen-bond acceptors (Lipinski definition) is 4. The third kappa shape index (κ3) is 7.29. The zero-order valence-electron chi connectivity index (χ0n) is 20.1. The van der Waals surface area contributed by atoms with E-state index in [9.17, 15) is 9.59 Å². The van der Waals surface area contributed by atoms with Gasteiger partial charge in [-0.25, -0.2) is 0 Å². The molecule has 0 aliphatic carbocycles. The summed E-state index contributed by atoms with van der Waals surface area (Å²) >= 11 is 0. The second kappa shape index (κ2) is 11.6. The van der Waals surface area contributed by atoms with Crippen molar-refractivity contribution in [3.63, 3.8) is 0 Å². The molecule has 0 bridgehead atoms. The molecule has 0 saturated heterocycles.